The van der Waals surface area contributed by atoms with Gasteiger partial charge in [0.25, 0.3) is 11.2 Å². The molecule has 10 nitrogen and oxygen atoms in total. The first kappa shape index (κ1) is 28.5. The van der Waals surface area contributed by atoms with Crippen molar-refractivity contribution in [3.05, 3.63) is 125 Å². The van der Waals surface area contributed by atoms with Crippen LogP contribution in [0.2, 0.25) is 0 Å². The minimum absolute atomic E-state index is 0.0789. The summed E-state index contributed by atoms with van der Waals surface area (Å²) in [7, 11) is 1.55. The van der Waals surface area contributed by atoms with Crippen LogP contribution in [0.5, 0.6) is 11.5 Å². The van der Waals surface area contributed by atoms with Crippen molar-refractivity contribution < 1.29 is 23.9 Å². The Morgan fingerprint density at radius 2 is 1.83 bits per heavy atom. The summed E-state index contributed by atoms with van der Waals surface area (Å²) >= 11 is 1.18. The van der Waals surface area contributed by atoms with Crippen LogP contribution in [0.3, 0.4) is 0 Å². The van der Waals surface area contributed by atoms with E-state index in [1.54, 1.807) is 51.3 Å². The lowest BCUT2D eigenvalue weighted by molar-refractivity contribution is -0.384. The second-order valence-electron chi connectivity index (χ2n) is 9.32. The summed E-state index contributed by atoms with van der Waals surface area (Å²) in [5.41, 5.74) is 2.49. The van der Waals surface area contributed by atoms with E-state index in [0.717, 1.165) is 11.1 Å². The van der Waals surface area contributed by atoms with E-state index in [0.29, 0.717) is 38.7 Å². The van der Waals surface area contributed by atoms with Gasteiger partial charge < -0.3 is 14.2 Å². The van der Waals surface area contributed by atoms with Crippen molar-refractivity contribution in [2.45, 2.75) is 26.5 Å². The topological polar surface area (TPSA) is 122 Å². The van der Waals surface area contributed by atoms with Gasteiger partial charge in [0.05, 0.1) is 28.7 Å². The molecular weight excluding hydrogens is 558 g/mol. The number of carbonyl (C=O) groups is 1. The average Bonchev–Trinajstić information content (AvgIpc) is 3.31. The van der Waals surface area contributed by atoms with Gasteiger partial charge in [0.1, 0.15) is 12.6 Å². The first-order valence-corrected chi connectivity index (χ1v) is 13.9. The van der Waals surface area contributed by atoms with Gasteiger partial charge in [-0.1, -0.05) is 47.7 Å². The minimum Gasteiger partial charge on any atom is -0.493 e. The minimum atomic E-state index is -0.795. The number of aromatic nitrogens is 1. The number of thiazole rings is 1. The lowest BCUT2D eigenvalue weighted by atomic mass is 9.96. The Bertz CT molecular complexity index is 1860. The molecule has 0 saturated carbocycles. The van der Waals surface area contributed by atoms with Crippen LogP contribution in [0, 0.1) is 10.1 Å². The lowest BCUT2D eigenvalue weighted by Gasteiger charge is -2.22. The number of rotatable bonds is 9. The Kier molecular flexibility index (Phi) is 8.30. The first-order valence-electron chi connectivity index (χ1n) is 13.1. The number of nitrogens with zero attached hydrogens (tertiary/aromatic N) is 3. The molecule has 0 bridgehead atoms. The van der Waals surface area contributed by atoms with E-state index in [9.17, 15) is 19.7 Å². The zero-order valence-corrected chi connectivity index (χ0v) is 23.9. The zero-order valence-electron chi connectivity index (χ0n) is 23.1. The molecule has 5 rings (SSSR count). The maximum Gasteiger partial charge on any atom is 0.338 e. The van der Waals surface area contributed by atoms with Crippen molar-refractivity contribution in [1.29, 1.82) is 0 Å². The normalized spacial score (nSPS) is 14.6. The van der Waals surface area contributed by atoms with Gasteiger partial charge in [0, 0.05) is 17.8 Å². The van der Waals surface area contributed by atoms with Crippen LogP contribution in [-0.2, 0) is 16.1 Å². The van der Waals surface area contributed by atoms with Gasteiger partial charge in [-0.3, -0.25) is 19.5 Å². The number of hydrogen-bond donors (Lipinski definition) is 0. The lowest BCUT2D eigenvalue weighted by Crippen LogP contribution is -2.35. The molecule has 0 spiro atoms. The number of nitro benzene ring substituents is 1. The number of fused-ring (bicyclic) bond motifs is 1. The highest BCUT2D eigenvalue weighted by molar-refractivity contribution is 7.07. The zero-order chi connectivity index (χ0) is 29.8. The van der Waals surface area contributed by atoms with Crippen molar-refractivity contribution >= 4 is 34.8 Å². The molecule has 0 N–H and O–H groups in total. The maximum absolute atomic E-state index is 13.6. The molecule has 1 aliphatic rings. The number of methoxy groups -OCH3 is 1. The van der Waals surface area contributed by atoms with Crippen molar-refractivity contribution in [3.63, 3.8) is 0 Å². The monoisotopic (exact) mass is 585 g/mol. The highest BCUT2D eigenvalue weighted by Crippen LogP contribution is 2.33. The van der Waals surface area contributed by atoms with Crippen molar-refractivity contribution in [1.82, 2.24) is 4.57 Å². The number of hydrogen-bond acceptors (Lipinski definition) is 9. The smallest absolute Gasteiger partial charge is 0.338 e. The molecule has 0 fully saturated rings. The van der Waals surface area contributed by atoms with Crippen LogP contribution in [0.15, 0.2) is 88.2 Å². The Balaban J connectivity index is 1.55. The van der Waals surface area contributed by atoms with E-state index in [2.05, 4.69) is 0 Å². The van der Waals surface area contributed by atoms with Crippen molar-refractivity contribution in [2.75, 3.05) is 13.7 Å². The van der Waals surface area contributed by atoms with E-state index >= 15 is 0 Å². The standard InChI is InChI=1S/C31H27N3O7S/c1-4-40-30(36)27-19(2)33-29(35)26(42-31(33)32-28(27)22-11-13-23(14-12-22)34(37)38)17-21-10-15-24(25(16-21)39-3)41-18-20-8-6-5-7-9-20/h5-17,28H,4,18H2,1-3H3/b26-17-/t28-/m0/s1. The summed E-state index contributed by atoms with van der Waals surface area (Å²) < 4.78 is 18.6. The summed E-state index contributed by atoms with van der Waals surface area (Å²) in [6.45, 7) is 3.88. The van der Waals surface area contributed by atoms with Crippen LogP contribution < -0.4 is 24.4 Å². The largest absolute Gasteiger partial charge is 0.493 e. The SMILES string of the molecule is CCOC(=O)C1=C(C)n2c(s/c(=C\c3ccc(OCc4ccccc4)c(OC)c3)c2=O)=N[C@H]1c1ccc([N+](=O)[O-])cc1. The average molecular weight is 586 g/mol. The second-order valence-corrected chi connectivity index (χ2v) is 10.3. The Morgan fingerprint density at radius 1 is 1.10 bits per heavy atom. The number of esters is 1. The van der Waals surface area contributed by atoms with E-state index in [1.165, 1.54) is 28.0 Å². The molecule has 2 heterocycles. The van der Waals surface area contributed by atoms with Gasteiger partial charge in [0.2, 0.25) is 0 Å². The van der Waals surface area contributed by atoms with Crippen LogP contribution in [-0.4, -0.2) is 29.2 Å². The van der Waals surface area contributed by atoms with Gasteiger partial charge in [-0.2, -0.15) is 0 Å². The quantitative estimate of drug-likeness (QED) is 0.162. The molecular formula is C31H27N3O7S. The molecule has 0 radical (unpaired) electrons. The van der Waals surface area contributed by atoms with E-state index in [-0.39, 0.29) is 23.4 Å². The van der Waals surface area contributed by atoms with E-state index in [4.69, 9.17) is 19.2 Å². The highest BCUT2D eigenvalue weighted by atomic mass is 32.1. The fourth-order valence-electron chi connectivity index (χ4n) is 4.62. The van der Waals surface area contributed by atoms with Crippen LogP contribution in [0.4, 0.5) is 5.69 Å². The summed E-state index contributed by atoms with van der Waals surface area (Å²) in [6.07, 6.45) is 1.73. The number of nitro groups is 1. The summed E-state index contributed by atoms with van der Waals surface area (Å²) in [5, 5.41) is 11.1. The molecule has 0 amide bonds. The number of benzene rings is 3. The van der Waals surface area contributed by atoms with Crippen molar-refractivity contribution in [3.8, 4) is 11.5 Å². The molecule has 3 aromatic carbocycles. The first-order chi connectivity index (χ1) is 20.3. The molecule has 1 atom stereocenters. The number of non-ortho nitro benzene ring substituents is 1. The van der Waals surface area contributed by atoms with Gasteiger partial charge in [-0.05, 0) is 60.9 Å². The number of allylic oxidation sites excluding steroid dienone is 1. The Morgan fingerprint density at radius 3 is 2.50 bits per heavy atom. The van der Waals surface area contributed by atoms with E-state index in [1.807, 2.05) is 36.4 Å². The Hall–Kier alpha value is -5.03. The third-order valence-electron chi connectivity index (χ3n) is 6.68. The molecule has 1 aliphatic heterocycles. The molecule has 214 valence electrons. The third kappa shape index (κ3) is 5.72. The summed E-state index contributed by atoms with van der Waals surface area (Å²) in [6, 6.07) is 20.2. The molecule has 4 aromatic rings. The van der Waals surface area contributed by atoms with Crippen LogP contribution >= 0.6 is 11.3 Å². The van der Waals surface area contributed by atoms with E-state index < -0.39 is 16.9 Å². The molecule has 0 unspecified atom stereocenters. The fraction of sp³-hybridized carbons (Fsp3) is 0.194. The van der Waals surface area contributed by atoms with Gasteiger partial charge in [-0.25, -0.2) is 9.79 Å². The second kappa shape index (κ2) is 12.2. The van der Waals surface area contributed by atoms with Gasteiger partial charge >= 0.3 is 5.97 Å². The van der Waals surface area contributed by atoms with Crippen LogP contribution in [0.25, 0.3) is 11.8 Å². The number of carbonyl (C=O) groups excluding carboxylic acids is 1. The van der Waals surface area contributed by atoms with Crippen LogP contribution in [0.1, 0.15) is 36.6 Å². The molecule has 42 heavy (non-hydrogen) atoms. The van der Waals surface area contributed by atoms with Crippen molar-refractivity contribution in [2.24, 2.45) is 4.99 Å². The Labute approximate surface area is 244 Å². The number of ether oxygens (including phenoxy) is 3. The molecule has 0 aliphatic carbocycles. The molecule has 0 saturated heterocycles. The predicted molar refractivity (Wildman–Crippen MR) is 158 cm³/mol. The fourth-order valence-corrected chi connectivity index (χ4v) is 5.66. The molecule has 11 heteroatoms. The predicted octanol–water partition coefficient (Wildman–Crippen LogP) is 4.40. The van der Waals surface area contributed by atoms with Gasteiger partial charge in [-0.15, -0.1) is 0 Å². The summed E-state index contributed by atoms with van der Waals surface area (Å²) in [4.78, 5) is 42.4. The van der Waals surface area contributed by atoms with Gasteiger partial charge in [0.15, 0.2) is 16.3 Å². The molecule has 1 aromatic heterocycles. The third-order valence-corrected chi connectivity index (χ3v) is 7.67. The maximum atomic E-state index is 13.6. The summed E-state index contributed by atoms with van der Waals surface area (Å²) in [5.74, 6) is 0.483. The highest BCUT2D eigenvalue weighted by Gasteiger charge is 2.31.